The summed E-state index contributed by atoms with van der Waals surface area (Å²) in [5.74, 6) is 0.849. The number of aromatic nitrogens is 5. The summed E-state index contributed by atoms with van der Waals surface area (Å²) in [6, 6.07) is 16.7. The average molecular weight is 487 g/mol. The van der Waals surface area contributed by atoms with E-state index in [4.69, 9.17) is 0 Å². The Morgan fingerprint density at radius 3 is 2.58 bits per heavy atom. The van der Waals surface area contributed by atoms with Crippen LogP contribution in [0.25, 0.3) is 10.9 Å². The molecule has 0 amide bonds. The Balaban J connectivity index is 1.73. The highest BCUT2D eigenvalue weighted by Gasteiger charge is 2.31. The van der Waals surface area contributed by atoms with Gasteiger partial charge in [0.15, 0.2) is 5.82 Å². The minimum atomic E-state index is -0.202. The van der Waals surface area contributed by atoms with Crippen molar-refractivity contribution in [1.29, 1.82) is 0 Å². The molecule has 0 radical (unpaired) electrons. The molecular weight excluding hydrogens is 448 g/mol. The molecule has 1 atom stereocenters. The number of para-hydroxylation sites is 1. The lowest BCUT2D eigenvalue weighted by atomic mass is 10.0. The molecular formula is C29H38N6O. The molecule has 2 aromatic carbocycles. The summed E-state index contributed by atoms with van der Waals surface area (Å²) in [5.41, 5.74) is 5.02. The largest absolute Gasteiger partial charge is 0.321 e. The van der Waals surface area contributed by atoms with Crippen LogP contribution in [0.5, 0.6) is 0 Å². The first kappa shape index (κ1) is 25.8. The van der Waals surface area contributed by atoms with Gasteiger partial charge in [-0.2, -0.15) is 0 Å². The van der Waals surface area contributed by atoms with E-state index in [0.717, 1.165) is 53.7 Å². The average Bonchev–Trinajstić information content (AvgIpc) is 3.34. The quantitative estimate of drug-likeness (QED) is 0.321. The highest BCUT2D eigenvalue weighted by molar-refractivity contribution is 5.81. The zero-order chi connectivity index (χ0) is 25.9. The van der Waals surface area contributed by atoms with E-state index in [0.29, 0.717) is 6.54 Å². The molecule has 0 saturated heterocycles. The molecule has 0 aliphatic carbocycles. The molecule has 36 heavy (non-hydrogen) atoms. The molecule has 0 aliphatic heterocycles. The number of tetrazole rings is 1. The number of aryl methyl sites for hydroxylation is 2. The number of benzene rings is 2. The minimum absolute atomic E-state index is 0.0248. The van der Waals surface area contributed by atoms with Crippen LogP contribution >= 0.6 is 0 Å². The van der Waals surface area contributed by atoms with Gasteiger partial charge in [-0.25, -0.2) is 4.68 Å². The predicted octanol–water partition coefficient (Wildman–Crippen LogP) is 5.47. The first-order valence-corrected chi connectivity index (χ1v) is 12.9. The summed E-state index contributed by atoms with van der Waals surface area (Å²) < 4.78 is 1.97. The van der Waals surface area contributed by atoms with Crippen LogP contribution in [0, 0.1) is 13.8 Å². The molecule has 7 heteroatoms. The van der Waals surface area contributed by atoms with Crippen molar-refractivity contribution in [2.45, 2.75) is 78.9 Å². The molecule has 0 fully saturated rings. The van der Waals surface area contributed by atoms with Crippen LogP contribution < -0.4 is 5.56 Å². The first-order chi connectivity index (χ1) is 17.2. The van der Waals surface area contributed by atoms with Crippen molar-refractivity contribution in [1.82, 2.24) is 30.1 Å². The van der Waals surface area contributed by atoms with E-state index in [9.17, 15) is 4.79 Å². The number of rotatable bonds is 10. The molecule has 4 aromatic rings. The molecule has 0 aliphatic rings. The van der Waals surface area contributed by atoms with Crippen molar-refractivity contribution in [3.05, 3.63) is 87.0 Å². The van der Waals surface area contributed by atoms with Crippen molar-refractivity contribution in [2.24, 2.45) is 0 Å². The number of aromatic amines is 1. The molecule has 1 N–H and O–H groups in total. The number of nitrogens with zero attached hydrogens (tertiary/aromatic N) is 5. The lowest BCUT2D eigenvalue weighted by Crippen LogP contribution is -2.37. The predicted molar refractivity (Wildman–Crippen MR) is 145 cm³/mol. The van der Waals surface area contributed by atoms with Crippen molar-refractivity contribution in [3.63, 3.8) is 0 Å². The second kappa shape index (κ2) is 10.7. The van der Waals surface area contributed by atoms with Gasteiger partial charge in [-0.05, 0) is 80.0 Å². The molecule has 7 nitrogen and oxygen atoms in total. The normalized spacial score (nSPS) is 13.0. The van der Waals surface area contributed by atoms with E-state index in [1.807, 2.05) is 29.8 Å². The van der Waals surface area contributed by atoms with Crippen LogP contribution in [0.15, 0.2) is 53.3 Å². The third kappa shape index (κ3) is 5.41. The Hall–Kier alpha value is -3.32. The van der Waals surface area contributed by atoms with Gasteiger partial charge >= 0.3 is 0 Å². The van der Waals surface area contributed by atoms with Gasteiger partial charge < -0.3 is 4.98 Å². The summed E-state index contributed by atoms with van der Waals surface area (Å²) in [7, 11) is 0. The van der Waals surface area contributed by atoms with Crippen LogP contribution in [0.4, 0.5) is 0 Å². The molecule has 4 rings (SSSR count). The monoisotopic (exact) mass is 486 g/mol. The molecule has 1 unspecified atom stereocenters. The maximum Gasteiger partial charge on any atom is 0.252 e. The van der Waals surface area contributed by atoms with E-state index < -0.39 is 0 Å². The van der Waals surface area contributed by atoms with E-state index in [1.165, 1.54) is 11.1 Å². The van der Waals surface area contributed by atoms with E-state index in [1.54, 1.807) is 0 Å². The summed E-state index contributed by atoms with van der Waals surface area (Å²) >= 11 is 0. The van der Waals surface area contributed by atoms with Crippen molar-refractivity contribution < 1.29 is 0 Å². The number of pyridine rings is 1. The Bertz CT molecular complexity index is 1390. The molecule has 0 saturated carbocycles. The van der Waals surface area contributed by atoms with Gasteiger partial charge in [0.2, 0.25) is 0 Å². The minimum Gasteiger partial charge on any atom is -0.321 e. The summed E-state index contributed by atoms with van der Waals surface area (Å²) in [4.78, 5) is 18.7. The highest BCUT2D eigenvalue weighted by Crippen LogP contribution is 2.29. The SMILES string of the molecule is CCC(c1nnnn1C(C)(C)CC)N(CCc1cccc(C)c1)Cc1cc2cccc(C)c2[nH]c1=O. The topological polar surface area (TPSA) is 79.7 Å². The smallest absolute Gasteiger partial charge is 0.252 e. The zero-order valence-electron chi connectivity index (χ0n) is 22.4. The van der Waals surface area contributed by atoms with E-state index in [-0.39, 0.29) is 17.1 Å². The second-order valence-corrected chi connectivity index (χ2v) is 10.4. The fourth-order valence-electron chi connectivity index (χ4n) is 4.84. The summed E-state index contributed by atoms with van der Waals surface area (Å²) in [6.45, 7) is 14.1. The lowest BCUT2D eigenvalue weighted by Gasteiger charge is -2.33. The fourth-order valence-corrected chi connectivity index (χ4v) is 4.84. The number of fused-ring (bicyclic) bond motifs is 1. The zero-order valence-corrected chi connectivity index (χ0v) is 22.4. The Labute approximate surface area is 213 Å². The molecule has 190 valence electrons. The van der Waals surface area contributed by atoms with Gasteiger partial charge in [0.05, 0.1) is 17.1 Å². The van der Waals surface area contributed by atoms with Crippen LogP contribution in [-0.4, -0.2) is 36.6 Å². The fraction of sp³-hybridized carbons (Fsp3) is 0.448. The maximum atomic E-state index is 13.2. The summed E-state index contributed by atoms with van der Waals surface area (Å²) in [5, 5.41) is 14.0. The van der Waals surface area contributed by atoms with Crippen LogP contribution in [0.3, 0.4) is 0 Å². The Morgan fingerprint density at radius 1 is 1.08 bits per heavy atom. The third-order valence-corrected chi connectivity index (χ3v) is 7.37. The van der Waals surface area contributed by atoms with E-state index in [2.05, 4.69) is 90.4 Å². The first-order valence-electron chi connectivity index (χ1n) is 12.9. The molecule has 0 bridgehead atoms. The number of hydrogen-bond acceptors (Lipinski definition) is 5. The van der Waals surface area contributed by atoms with Crippen LogP contribution in [0.2, 0.25) is 0 Å². The highest BCUT2D eigenvalue weighted by atomic mass is 16.1. The Morgan fingerprint density at radius 2 is 1.86 bits per heavy atom. The number of hydrogen-bond donors (Lipinski definition) is 1. The van der Waals surface area contributed by atoms with Gasteiger partial charge in [-0.15, -0.1) is 5.10 Å². The van der Waals surface area contributed by atoms with Gasteiger partial charge in [-0.3, -0.25) is 9.69 Å². The van der Waals surface area contributed by atoms with E-state index >= 15 is 0 Å². The second-order valence-electron chi connectivity index (χ2n) is 10.4. The van der Waals surface area contributed by atoms with Gasteiger partial charge in [0.25, 0.3) is 5.56 Å². The van der Waals surface area contributed by atoms with Gasteiger partial charge in [-0.1, -0.05) is 61.9 Å². The standard InChI is InChI=1S/C29H38N6O/c1-7-25(27-31-32-33-35(27)29(5,6)8-2)34(16-15-22-13-9-11-20(3)17-22)19-24-18-23-14-10-12-21(4)26(23)30-28(24)36/h9-14,17-18,25H,7-8,15-16,19H2,1-6H3,(H,30,36). The van der Waals surface area contributed by atoms with Crippen LogP contribution in [-0.2, 0) is 18.5 Å². The van der Waals surface area contributed by atoms with Crippen molar-refractivity contribution >= 4 is 10.9 Å². The van der Waals surface area contributed by atoms with Gasteiger partial charge in [0, 0.05) is 18.7 Å². The molecule has 0 spiro atoms. The Kier molecular flexibility index (Phi) is 7.69. The number of nitrogens with one attached hydrogen (secondary N) is 1. The van der Waals surface area contributed by atoms with Crippen LogP contribution in [0.1, 0.15) is 74.7 Å². The third-order valence-electron chi connectivity index (χ3n) is 7.37. The summed E-state index contributed by atoms with van der Waals surface area (Å²) in [6.07, 6.45) is 2.62. The lowest BCUT2D eigenvalue weighted by molar-refractivity contribution is 0.160. The molecule has 2 aromatic heterocycles. The number of H-pyrrole nitrogens is 1. The molecule has 2 heterocycles. The maximum absolute atomic E-state index is 13.2. The van der Waals surface area contributed by atoms with Gasteiger partial charge in [0.1, 0.15) is 0 Å². The van der Waals surface area contributed by atoms with Crippen molar-refractivity contribution in [2.75, 3.05) is 6.54 Å². The van der Waals surface area contributed by atoms with Crippen molar-refractivity contribution in [3.8, 4) is 0 Å².